The van der Waals surface area contributed by atoms with Crippen molar-refractivity contribution in [3.05, 3.63) is 74.6 Å². The van der Waals surface area contributed by atoms with E-state index in [0.717, 1.165) is 24.0 Å². The van der Waals surface area contributed by atoms with E-state index in [9.17, 15) is 9.59 Å². The molecule has 1 aromatic carbocycles. The Morgan fingerprint density at radius 2 is 2.04 bits per heavy atom. The second kappa shape index (κ2) is 6.88. The summed E-state index contributed by atoms with van der Waals surface area (Å²) in [5.41, 5.74) is 3.21. The zero-order valence-corrected chi connectivity index (χ0v) is 15.2. The second-order valence-electron chi connectivity index (χ2n) is 6.51. The fourth-order valence-corrected chi connectivity index (χ4v) is 4.07. The SMILES string of the molecule is Cc1nc(-c2c(C3CC3)cc[nH]c2=O)sc1C(=O)NCc1ccccc1. The third-order valence-corrected chi connectivity index (χ3v) is 5.70. The lowest BCUT2D eigenvalue weighted by Gasteiger charge is -2.04. The lowest BCUT2D eigenvalue weighted by molar-refractivity contribution is 0.0954. The Labute approximate surface area is 155 Å². The maximum Gasteiger partial charge on any atom is 0.263 e. The zero-order chi connectivity index (χ0) is 18.1. The quantitative estimate of drug-likeness (QED) is 0.725. The van der Waals surface area contributed by atoms with Crippen molar-refractivity contribution in [2.24, 2.45) is 0 Å². The molecule has 3 aromatic rings. The van der Waals surface area contributed by atoms with E-state index in [0.29, 0.717) is 33.6 Å². The van der Waals surface area contributed by atoms with Gasteiger partial charge in [-0.05, 0) is 42.9 Å². The summed E-state index contributed by atoms with van der Waals surface area (Å²) in [7, 11) is 0. The van der Waals surface area contributed by atoms with Crippen molar-refractivity contribution in [1.82, 2.24) is 15.3 Å². The van der Waals surface area contributed by atoms with Crippen molar-refractivity contribution in [3.8, 4) is 10.6 Å². The number of thiazole rings is 1. The number of carbonyl (C=O) groups is 1. The Hall–Kier alpha value is -2.73. The smallest absolute Gasteiger partial charge is 0.263 e. The van der Waals surface area contributed by atoms with E-state index >= 15 is 0 Å². The van der Waals surface area contributed by atoms with Crippen molar-refractivity contribution < 1.29 is 4.79 Å². The highest BCUT2D eigenvalue weighted by atomic mass is 32.1. The number of nitrogens with zero attached hydrogens (tertiary/aromatic N) is 1. The lowest BCUT2D eigenvalue weighted by Crippen LogP contribution is -2.22. The third-order valence-electron chi connectivity index (χ3n) is 4.52. The Morgan fingerprint density at radius 3 is 2.77 bits per heavy atom. The van der Waals surface area contributed by atoms with E-state index in [1.807, 2.05) is 43.3 Å². The van der Waals surface area contributed by atoms with E-state index in [1.165, 1.54) is 11.3 Å². The van der Waals surface area contributed by atoms with E-state index in [2.05, 4.69) is 15.3 Å². The Balaban J connectivity index is 1.60. The normalized spacial score (nSPS) is 13.6. The van der Waals surface area contributed by atoms with E-state index in [-0.39, 0.29) is 11.5 Å². The van der Waals surface area contributed by atoms with E-state index < -0.39 is 0 Å². The fourth-order valence-electron chi connectivity index (χ4n) is 3.02. The molecule has 4 rings (SSSR count). The van der Waals surface area contributed by atoms with Crippen molar-refractivity contribution in [3.63, 3.8) is 0 Å². The summed E-state index contributed by atoms with van der Waals surface area (Å²) in [5.74, 6) is 0.280. The summed E-state index contributed by atoms with van der Waals surface area (Å²) in [6, 6.07) is 11.7. The number of carbonyl (C=O) groups excluding carboxylic acids is 1. The molecule has 1 fully saturated rings. The van der Waals surface area contributed by atoms with E-state index in [4.69, 9.17) is 0 Å². The van der Waals surface area contributed by atoms with Gasteiger partial charge in [-0.3, -0.25) is 9.59 Å². The number of amides is 1. The summed E-state index contributed by atoms with van der Waals surface area (Å²) >= 11 is 1.29. The van der Waals surface area contributed by atoms with Gasteiger partial charge in [0.15, 0.2) is 0 Å². The number of aryl methyl sites for hydroxylation is 1. The van der Waals surface area contributed by atoms with Crippen LogP contribution in [0, 0.1) is 6.92 Å². The predicted octanol–water partition coefficient (Wildman–Crippen LogP) is 3.61. The van der Waals surface area contributed by atoms with Crippen molar-refractivity contribution in [2.75, 3.05) is 0 Å². The average Bonchev–Trinajstić information content (AvgIpc) is 3.43. The van der Waals surface area contributed by atoms with Crippen LogP contribution in [0.3, 0.4) is 0 Å². The number of benzene rings is 1. The minimum atomic E-state index is -0.157. The molecule has 1 aliphatic carbocycles. The molecule has 0 atom stereocenters. The fraction of sp³-hybridized carbons (Fsp3) is 0.250. The van der Waals surface area contributed by atoms with Gasteiger partial charge in [0.2, 0.25) is 0 Å². The monoisotopic (exact) mass is 365 g/mol. The molecule has 26 heavy (non-hydrogen) atoms. The average molecular weight is 365 g/mol. The summed E-state index contributed by atoms with van der Waals surface area (Å²) in [5, 5.41) is 3.55. The van der Waals surface area contributed by atoms with Gasteiger partial charge in [-0.2, -0.15) is 0 Å². The number of hydrogen-bond donors (Lipinski definition) is 2. The number of H-pyrrole nitrogens is 1. The minimum Gasteiger partial charge on any atom is -0.347 e. The molecule has 0 unspecified atom stereocenters. The van der Waals surface area contributed by atoms with Crippen molar-refractivity contribution in [2.45, 2.75) is 32.2 Å². The van der Waals surface area contributed by atoms with Crippen LogP contribution >= 0.6 is 11.3 Å². The summed E-state index contributed by atoms with van der Waals surface area (Å²) in [6.45, 7) is 2.27. The van der Waals surface area contributed by atoms with Gasteiger partial charge in [0.25, 0.3) is 11.5 Å². The van der Waals surface area contributed by atoms with Crippen molar-refractivity contribution in [1.29, 1.82) is 0 Å². The van der Waals surface area contributed by atoms with Crippen LogP contribution in [0.25, 0.3) is 10.6 Å². The van der Waals surface area contributed by atoms with Gasteiger partial charge < -0.3 is 10.3 Å². The Bertz CT molecular complexity index is 1000. The van der Waals surface area contributed by atoms with Gasteiger partial charge in [0.05, 0.1) is 11.3 Å². The zero-order valence-electron chi connectivity index (χ0n) is 14.4. The predicted molar refractivity (Wildman–Crippen MR) is 102 cm³/mol. The van der Waals surface area contributed by atoms with Crippen LogP contribution in [-0.4, -0.2) is 15.9 Å². The first-order valence-corrected chi connectivity index (χ1v) is 9.46. The number of hydrogen-bond acceptors (Lipinski definition) is 4. The molecule has 5 nitrogen and oxygen atoms in total. The van der Waals surface area contributed by atoms with Gasteiger partial charge in [-0.1, -0.05) is 30.3 Å². The molecule has 0 radical (unpaired) electrons. The molecule has 0 bridgehead atoms. The standard InChI is InChI=1S/C20H19N3O2S/c1-12-17(19(25)22-11-13-5-3-2-4-6-13)26-20(23-12)16-15(14-7-8-14)9-10-21-18(16)24/h2-6,9-10,14H,7-8,11H2,1H3,(H,21,24)(H,22,25). The molecule has 0 aliphatic heterocycles. The van der Waals surface area contributed by atoms with Crippen LogP contribution < -0.4 is 10.9 Å². The van der Waals surface area contributed by atoms with Gasteiger partial charge in [-0.15, -0.1) is 11.3 Å². The van der Waals surface area contributed by atoms with Gasteiger partial charge in [0.1, 0.15) is 9.88 Å². The van der Waals surface area contributed by atoms with Gasteiger partial charge >= 0.3 is 0 Å². The van der Waals surface area contributed by atoms with Crippen LogP contribution in [0.15, 0.2) is 47.4 Å². The minimum absolute atomic E-state index is 0.139. The molecule has 1 amide bonds. The van der Waals surface area contributed by atoms with Crippen molar-refractivity contribution >= 4 is 17.2 Å². The Morgan fingerprint density at radius 1 is 1.27 bits per heavy atom. The molecular weight excluding hydrogens is 346 g/mol. The molecular formula is C20H19N3O2S. The maximum atomic E-state index is 12.6. The summed E-state index contributed by atoms with van der Waals surface area (Å²) in [4.78, 5) is 32.8. The number of pyridine rings is 1. The molecule has 1 saturated carbocycles. The largest absolute Gasteiger partial charge is 0.347 e. The Kier molecular flexibility index (Phi) is 4.42. The molecule has 2 aromatic heterocycles. The van der Waals surface area contributed by atoms with Gasteiger partial charge in [0, 0.05) is 12.7 Å². The molecule has 2 heterocycles. The van der Waals surface area contributed by atoms with Gasteiger partial charge in [-0.25, -0.2) is 4.98 Å². The summed E-state index contributed by atoms with van der Waals surface area (Å²) in [6.07, 6.45) is 3.89. The third kappa shape index (κ3) is 3.32. The second-order valence-corrected chi connectivity index (χ2v) is 7.51. The first kappa shape index (κ1) is 16.7. The highest BCUT2D eigenvalue weighted by Gasteiger charge is 2.29. The first-order valence-electron chi connectivity index (χ1n) is 8.65. The van der Waals surface area contributed by atoms with Crippen LogP contribution in [0.2, 0.25) is 0 Å². The molecule has 1 aliphatic rings. The first-order chi connectivity index (χ1) is 12.6. The number of nitrogens with one attached hydrogen (secondary N) is 2. The lowest BCUT2D eigenvalue weighted by atomic mass is 10.1. The highest BCUT2D eigenvalue weighted by molar-refractivity contribution is 7.17. The molecule has 0 spiro atoms. The number of aromatic nitrogens is 2. The highest BCUT2D eigenvalue weighted by Crippen LogP contribution is 2.43. The molecule has 6 heteroatoms. The molecule has 132 valence electrons. The van der Waals surface area contributed by atoms with Crippen LogP contribution in [0.4, 0.5) is 0 Å². The van der Waals surface area contributed by atoms with Crippen LogP contribution in [0.5, 0.6) is 0 Å². The van der Waals surface area contributed by atoms with Crippen LogP contribution in [-0.2, 0) is 6.54 Å². The van der Waals surface area contributed by atoms with E-state index in [1.54, 1.807) is 6.20 Å². The topological polar surface area (TPSA) is 74.8 Å². The number of aromatic amines is 1. The maximum absolute atomic E-state index is 12.6. The van der Waals surface area contributed by atoms with Crippen LogP contribution in [0.1, 0.15) is 45.3 Å². The summed E-state index contributed by atoms with van der Waals surface area (Å²) < 4.78 is 0. The molecule has 2 N–H and O–H groups in total. The molecule has 0 saturated heterocycles. The number of rotatable bonds is 5.